The van der Waals surface area contributed by atoms with Gasteiger partial charge in [-0.05, 0) is 97.5 Å². The van der Waals surface area contributed by atoms with Gasteiger partial charge in [-0.15, -0.1) is 0 Å². The second kappa shape index (κ2) is 11.1. The SMILES string of the molecule is Cc1ccc(S(=O)(=O)c2ccc(C)cc2/C=C/c2cc(Cl)ccc2C)c(/C=C/c2cc(Cl)ccc2C)c1. The summed E-state index contributed by atoms with van der Waals surface area (Å²) >= 11 is 12.4. The van der Waals surface area contributed by atoms with E-state index in [1.165, 1.54) is 0 Å². The fourth-order valence-corrected chi connectivity index (χ4v) is 6.11. The maximum atomic E-state index is 14.1. The van der Waals surface area contributed by atoms with Gasteiger partial charge < -0.3 is 0 Å². The van der Waals surface area contributed by atoms with Crippen molar-refractivity contribution in [2.24, 2.45) is 0 Å². The molecule has 4 aromatic rings. The molecule has 0 amide bonds. The van der Waals surface area contributed by atoms with Crippen molar-refractivity contribution >= 4 is 57.3 Å². The Bertz CT molecular complexity index is 1530. The zero-order valence-corrected chi connectivity index (χ0v) is 23.5. The zero-order chi connectivity index (χ0) is 26.7. The summed E-state index contributed by atoms with van der Waals surface area (Å²) in [5.74, 6) is 0. The van der Waals surface area contributed by atoms with Gasteiger partial charge in [-0.1, -0.05) is 95.0 Å². The van der Waals surface area contributed by atoms with E-state index in [2.05, 4.69) is 0 Å². The van der Waals surface area contributed by atoms with Crippen LogP contribution in [0, 0.1) is 27.7 Å². The van der Waals surface area contributed by atoms with Crippen molar-refractivity contribution in [3.05, 3.63) is 127 Å². The minimum atomic E-state index is -3.83. The fraction of sp³-hybridized carbons (Fsp3) is 0.125. The van der Waals surface area contributed by atoms with Gasteiger partial charge in [0.2, 0.25) is 9.84 Å². The Labute approximate surface area is 229 Å². The molecule has 0 aliphatic rings. The summed E-state index contributed by atoms with van der Waals surface area (Å²) in [4.78, 5) is 0.512. The molecule has 0 radical (unpaired) electrons. The molecule has 5 heteroatoms. The van der Waals surface area contributed by atoms with Crippen molar-refractivity contribution < 1.29 is 8.42 Å². The van der Waals surface area contributed by atoms with Gasteiger partial charge in [0.25, 0.3) is 0 Å². The maximum Gasteiger partial charge on any atom is 0.207 e. The monoisotopic (exact) mass is 546 g/mol. The van der Waals surface area contributed by atoms with Crippen molar-refractivity contribution in [3.8, 4) is 0 Å². The van der Waals surface area contributed by atoms with Crippen LogP contribution < -0.4 is 0 Å². The lowest BCUT2D eigenvalue weighted by Crippen LogP contribution is -2.06. The van der Waals surface area contributed by atoms with Crippen LogP contribution in [0.3, 0.4) is 0 Å². The number of aryl methyl sites for hydroxylation is 4. The van der Waals surface area contributed by atoms with Crippen LogP contribution in [-0.2, 0) is 9.84 Å². The van der Waals surface area contributed by atoms with E-state index >= 15 is 0 Å². The molecular weight excluding hydrogens is 519 g/mol. The Morgan fingerprint density at radius 1 is 0.514 bits per heavy atom. The van der Waals surface area contributed by atoms with Crippen LogP contribution in [0.15, 0.2) is 82.6 Å². The quantitative estimate of drug-likeness (QED) is 0.225. The molecule has 0 aliphatic carbocycles. The van der Waals surface area contributed by atoms with Crippen LogP contribution in [-0.4, -0.2) is 8.42 Å². The van der Waals surface area contributed by atoms with Crippen LogP contribution in [0.1, 0.15) is 44.5 Å². The van der Waals surface area contributed by atoms with Crippen molar-refractivity contribution in [2.75, 3.05) is 0 Å². The Hall–Kier alpha value is -3.11. The molecule has 0 N–H and O–H groups in total. The number of sulfone groups is 1. The smallest absolute Gasteiger partial charge is 0.207 e. The third kappa shape index (κ3) is 6.24. The summed E-state index contributed by atoms with van der Waals surface area (Å²) in [5.41, 5.74) is 7.19. The second-order valence-electron chi connectivity index (χ2n) is 9.25. The lowest BCUT2D eigenvalue weighted by Gasteiger charge is -2.13. The summed E-state index contributed by atoms with van der Waals surface area (Å²) in [7, 11) is -3.83. The number of hydrogen-bond acceptors (Lipinski definition) is 2. The van der Waals surface area contributed by atoms with Crippen LogP contribution in [0.2, 0.25) is 10.0 Å². The summed E-state index contributed by atoms with van der Waals surface area (Å²) in [6.45, 7) is 7.89. The van der Waals surface area contributed by atoms with Crippen LogP contribution >= 0.6 is 23.2 Å². The summed E-state index contributed by atoms with van der Waals surface area (Å²) in [6.07, 6.45) is 7.51. The molecule has 0 unspecified atom stereocenters. The van der Waals surface area contributed by atoms with Crippen molar-refractivity contribution in [2.45, 2.75) is 37.5 Å². The molecule has 0 saturated carbocycles. The topological polar surface area (TPSA) is 34.1 Å². The van der Waals surface area contributed by atoms with Crippen LogP contribution in [0.4, 0.5) is 0 Å². The van der Waals surface area contributed by atoms with Gasteiger partial charge in [-0.2, -0.15) is 0 Å². The average Bonchev–Trinajstić information content (AvgIpc) is 2.85. The Balaban J connectivity index is 1.81. The Morgan fingerprint density at radius 3 is 1.30 bits per heavy atom. The predicted molar refractivity (Wildman–Crippen MR) is 158 cm³/mol. The first-order chi connectivity index (χ1) is 17.5. The van der Waals surface area contributed by atoms with Gasteiger partial charge in [-0.3, -0.25) is 0 Å². The van der Waals surface area contributed by atoms with Gasteiger partial charge >= 0.3 is 0 Å². The molecule has 2 nitrogen and oxygen atoms in total. The largest absolute Gasteiger partial charge is 0.218 e. The minimum Gasteiger partial charge on any atom is -0.218 e. The Kier molecular flexibility index (Phi) is 8.08. The highest BCUT2D eigenvalue weighted by Gasteiger charge is 2.23. The van der Waals surface area contributed by atoms with E-state index in [0.29, 0.717) is 21.2 Å². The first-order valence-corrected chi connectivity index (χ1v) is 14.1. The molecule has 188 valence electrons. The van der Waals surface area contributed by atoms with E-state index in [9.17, 15) is 8.42 Å². The minimum absolute atomic E-state index is 0.256. The van der Waals surface area contributed by atoms with Gasteiger partial charge in [0, 0.05) is 10.0 Å². The van der Waals surface area contributed by atoms with Crippen LogP contribution in [0.5, 0.6) is 0 Å². The molecular formula is C32H28Cl2O2S. The van der Waals surface area contributed by atoms with Gasteiger partial charge in [0.1, 0.15) is 0 Å². The molecule has 0 bridgehead atoms. The Morgan fingerprint density at radius 2 is 0.892 bits per heavy atom. The molecule has 37 heavy (non-hydrogen) atoms. The van der Waals surface area contributed by atoms with Crippen molar-refractivity contribution in [1.82, 2.24) is 0 Å². The summed E-state index contributed by atoms with van der Waals surface area (Å²) < 4.78 is 28.1. The molecule has 0 fully saturated rings. The summed E-state index contributed by atoms with van der Waals surface area (Å²) in [5, 5.41) is 1.27. The highest BCUT2D eigenvalue weighted by molar-refractivity contribution is 7.91. The zero-order valence-electron chi connectivity index (χ0n) is 21.2. The molecule has 0 aliphatic heterocycles. The number of halogens is 2. The van der Waals surface area contributed by atoms with E-state index in [0.717, 1.165) is 33.4 Å². The molecule has 4 aromatic carbocycles. The maximum absolute atomic E-state index is 14.1. The summed E-state index contributed by atoms with van der Waals surface area (Å²) in [6, 6.07) is 22.1. The molecule has 0 spiro atoms. The second-order valence-corrected chi connectivity index (χ2v) is 12.0. The van der Waals surface area contributed by atoms with E-state index in [1.54, 1.807) is 12.1 Å². The normalized spacial score (nSPS) is 12.1. The van der Waals surface area contributed by atoms with Gasteiger partial charge in [0.15, 0.2) is 0 Å². The third-order valence-electron chi connectivity index (χ3n) is 6.28. The van der Waals surface area contributed by atoms with E-state index in [1.807, 2.05) is 113 Å². The standard InChI is InChI=1S/C32H28Cl2O2S/c1-21-5-15-31(27(17-21)11-9-25-19-29(33)13-7-23(25)3)37(35,36)32-16-6-22(2)18-28(32)12-10-26-20-30(34)14-8-24(26)4/h5-20H,1-4H3/b11-9+,12-10+. The fourth-order valence-electron chi connectivity index (χ4n) is 4.15. The first kappa shape index (κ1) is 26.9. The molecule has 0 heterocycles. The van der Waals surface area contributed by atoms with Crippen molar-refractivity contribution in [1.29, 1.82) is 0 Å². The molecule has 0 saturated heterocycles. The van der Waals surface area contributed by atoms with E-state index in [4.69, 9.17) is 23.2 Å². The predicted octanol–water partition coefficient (Wildman–Crippen LogP) is 9.40. The number of benzene rings is 4. The number of rotatable bonds is 6. The number of hydrogen-bond donors (Lipinski definition) is 0. The van der Waals surface area contributed by atoms with E-state index in [-0.39, 0.29) is 9.79 Å². The molecule has 0 aromatic heterocycles. The highest BCUT2D eigenvalue weighted by Crippen LogP contribution is 2.31. The van der Waals surface area contributed by atoms with Gasteiger partial charge in [0.05, 0.1) is 9.79 Å². The van der Waals surface area contributed by atoms with Gasteiger partial charge in [-0.25, -0.2) is 8.42 Å². The average molecular weight is 548 g/mol. The highest BCUT2D eigenvalue weighted by atomic mass is 35.5. The lowest BCUT2D eigenvalue weighted by atomic mass is 10.1. The lowest BCUT2D eigenvalue weighted by molar-refractivity contribution is 0.595. The first-order valence-electron chi connectivity index (χ1n) is 11.9. The van der Waals surface area contributed by atoms with Crippen LogP contribution in [0.25, 0.3) is 24.3 Å². The van der Waals surface area contributed by atoms with Crippen molar-refractivity contribution in [3.63, 3.8) is 0 Å². The molecule has 4 rings (SSSR count). The third-order valence-corrected chi connectivity index (χ3v) is 8.65. The van der Waals surface area contributed by atoms with E-state index < -0.39 is 9.84 Å². The molecule has 0 atom stereocenters.